The average Bonchev–Trinajstić information content (AvgIpc) is 2.60. The third-order valence-electron chi connectivity index (χ3n) is 2.67. The lowest BCUT2D eigenvalue weighted by Gasteiger charge is -2.17. The minimum Gasteiger partial charge on any atom is -0.250 e. The SMILES string of the molecule is C1CCC(SN2CCCC2)C1. The summed E-state index contributed by atoms with van der Waals surface area (Å²) in [4.78, 5) is 0. The molecule has 0 aromatic heterocycles. The Kier molecular flexibility index (Phi) is 2.75. The molecule has 2 rings (SSSR count). The summed E-state index contributed by atoms with van der Waals surface area (Å²) in [5.41, 5.74) is 0. The molecule has 11 heavy (non-hydrogen) atoms. The molecule has 0 aromatic carbocycles. The molecule has 1 aliphatic carbocycles. The molecule has 2 aliphatic rings. The lowest BCUT2D eigenvalue weighted by atomic mass is 10.4. The maximum Gasteiger partial charge on any atom is 0.0195 e. The molecule has 1 aliphatic heterocycles. The van der Waals surface area contributed by atoms with E-state index in [4.69, 9.17) is 0 Å². The molecule has 0 bridgehead atoms. The highest BCUT2D eigenvalue weighted by molar-refractivity contribution is 7.97. The van der Waals surface area contributed by atoms with Crippen LogP contribution in [0.1, 0.15) is 38.5 Å². The molecule has 1 saturated heterocycles. The zero-order chi connectivity index (χ0) is 7.52. The molecule has 0 amide bonds. The molecule has 0 atom stereocenters. The minimum atomic E-state index is 0.980. The summed E-state index contributed by atoms with van der Waals surface area (Å²) >= 11 is 2.15. The Hall–Kier alpha value is 0.310. The summed E-state index contributed by atoms with van der Waals surface area (Å²) in [7, 11) is 0. The number of hydrogen-bond donors (Lipinski definition) is 0. The van der Waals surface area contributed by atoms with E-state index < -0.39 is 0 Å². The predicted octanol–water partition coefficient (Wildman–Crippen LogP) is 2.67. The highest BCUT2D eigenvalue weighted by Crippen LogP contribution is 2.33. The van der Waals surface area contributed by atoms with Crippen LogP contribution in [0.4, 0.5) is 0 Å². The van der Waals surface area contributed by atoms with Crippen molar-refractivity contribution in [3.05, 3.63) is 0 Å². The lowest BCUT2D eigenvalue weighted by molar-refractivity contribution is 0.579. The van der Waals surface area contributed by atoms with E-state index in [2.05, 4.69) is 16.3 Å². The monoisotopic (exact) mass is 171 g/mol. The highest BCUT2D eigenvalue weighted by Gasteiger charge is 2.20. The van der Waals surface area contributed by atoms with E-state index in [9.17, 15) is 0 Å². The standard InChI is InChI=1S/C9H17NS/c1-2-6-9(5-1)11-10-7-3-4-8-10/h9H,1-8H2. The Balaban J connectivity index is 1.71. The molecular weight excluding hydrogens is 154 g/mol. The minimum absolute atomic E-state index is 0.980. The zero-order valence-electron chi connectivity index (χ0n) is 7.09. The molecule has 1 saturated carbocycles. The third-order valence-corrected chi connectivity index (χ3v) is 4.10. The van der Waals surface area contributed by atoms with Crippen molar-refractivity contribution in [2.45, 2.75) is 43.8 Å². The Morgan fingerprint density at radius 1 is 0.909 bits per heavy atom. The first-order valence-electron chi connectivity index (χ1n) is 4.87. The van der Waals surface area contributed by atoms with Crippen LogP contribution >= 0.6 is 11.9 Å². The van der Waals surface area contributed by atoms with Gasteiger partial charge in [-0.25, -0.2) is 0 Å². The maximum absolute atomic E-state index is 2.58. The van der Waals surface area contributed by atoms with Crippen molar-refractivity contribution in [2.24, 2.45) is 0 Å². The molecule has 2 heteroatoms. The van der Waals surface area contributed by atoms with Crippen LogP contribution < -0.4 is 0 Å². The molecule has 1 heterocycles. The van der Waals surface area contributed by atoms with Gasteiger partial charge in [0.05, 0.1) is 0 Å². The van der Waals surface area contributed by atoms with Gasteiger partial charge in [0.2, 0.25) is 0 Å². The fraction of sp³-hybridized carbons (Fsp3) is 1.00. The molecule has 2 fully saturated rings. The number of hydrogen-bond acceptors (Lipinski definition) is 2. The van der Waals surface area contributed by atoms with Crippen molar-refractivity contribution in [1.29, 1.82) is 0 Å². The molecule has 64 valence electrons. The number of rotatable bonds is 2. The van der Waals surface area contributed by atoms with Crippen LogP contribution in [0.2, 0.25) is 0 Å². The summed E-state index contributed by atoms with van der Waals surface area (Å²) in [6.45, 7) is 2.70. The Labute approximate surface area is 73.7 Å². The summed E-state index contributed by atoms with van der Waals surface area (Å²) in [5, 5.41) is 0.980. The van der Waals surface area contributed by atoms with Crippen molar-refractivity contribution >= 4 is 11.9 Å². The predicted molar refractivity (Wildman–Crippen MR) is 50.7 cm³/mol. The van der Waals surface area contributed by atoms with Crippen LogP contribution in [-0.4, -0.2) is 22.6 Å². The zero-order valence-corrected chi connectivity index (χ0v) is 7.91. The normalized spacial score (nSPS) is 28.4. The fourth-order valence-electron chi connectivity index (χ4n) is 2.00. The van der Waals surface area contributed by atoms with Gasteiger partial charge in [-0.05, 0) is 25.7 Å². The molecule has 0 unspecified atom stereocenters. The summed E-state index contributed by atoms with van der Waals surface area (Å²) in [5.74, 6) is 0. The Morgan fingerprint density at radius 3 is 2.18 bits per heavy atom. The van der Waals surface area contributed by atoms with Crippen LogP contribution in [0.3, 0.4) is 0 Å². The second-order valence-corrected chi connectivity index (χ2v) is 5.04. The van der Waals surface area contributed by atoms with Crippen molar-refractivity contribution in [1.82, 2.24) is 4.31 Å². The van der Waals surface area contributed by atoms with Gasteiger partial charge >= 0.3 is 0 Å². The quantitative estimate of drug-likeness (QED) is 0.588. The highest BCUT2D eigenvalue weighted by atomic mass is 32.2. The van der Waals surface area contributed by atoms with Crippen molar-refractivity contribution in [3.63, 3.8) is 0 Å². The lowest BCUT2D eigenvalue weighted by Crippen LogP contribution is -2.14. The van der Waals surface area contributed by atoms with E-state index in [0.29, 0.717) is 0 Å². The first kappa shape index (κ1) is 7.93. The average molecular weight is 171 g/mol. The molecule has 0 radical (unpaired) electrons. The van der Waals surface area contributed by atoms with Crippen LogP contribution in [0.15, 0.2) is 0 Å². The van der Waals surface area contributed by atoms with Gasteiger partial charge in [0.1, 0.15) is 0 Å². The molecule has 0 N–H and O–H groups in total. The van der Waals surface area contributed by atoms with Crippen molar-refractivity contribution in [3.8, 4) is 0 Å². The van der Waals surface area contributed by atoms with Gasteiger partial charge in [-0.2, -0.15) is 0 Å². The van der Waals surface area contributed by atoms with Crippen LogP contribution in [0.25, 0.3) is 0 Å². The summed E-state index contributed by atoms with van der Waals surface area (Å²) < 4.78 is 2.58. The van der Waals surface area contributed by atoms with E-state index in [0.717, 1.165) is 5.25 Å². The fourth-order valence-corrected chi connectivity index (χ4v) is 3.43. The van der Waals surface area contributed by atoms with Gasteiger partial charge in [-0.15, -0.1) is 0 Å². The first-order chi connectivity index (χ1) is 5.45. The van der Waals surface area contributed by atoms with E-state index in [1.54, 1.807) is 0 Å². The summed E-state index contributed by atoms with van der Waals surface area (Å²) in [6.07, 6.45) is 8.76. The van der Waals surface area contributed by atoms with Crippen LogP contribution in [-0.2, 0) is 0 Å². The van der Waals surface area contributed by atoms with Crippen molar-refractivity contribution < 1.29 is 0 Å². The van der Waals surface area contributed by atoms with Gasteiger partial charge in [-0.1, -0.05) is 24.8 Å². The third kappa shape index (κ3) is 2.12. The van der Waals surface area contributed by atoms with Gasteiger partial charge in [0.25, 0.3) is 0 Å². The number of nitrogens with zero attached hydrogens (tertiary/aromatic N) is 1. The first-order valence-corrected chi connectivity index (χ1v) is 5.70. The smallest absolute Gasteiger partial charge is 0.0195 e. The van der Waals surface area contributed by atoms with Gasteiger partial charge in [0.15, 0.2) is 0 Å². The van der Waals surface area contributed by atoms with E-state index in [1.807, 2.05) is 0 Å². The Bertz CT molecular complexity index is 101. The molecule has 0 aromatic rings. The van der Waals surface area contributed by atoms with Gasteiger partial charge < -0.3 is 0 Å². The molecule has 0 spiro atoms. The molecule has 1 nitrogen and oxygen atoms in total. The van der Waals surface area contributed by atoms with Crippen molar-refractivity contribution in [2.75, 3.05) is 13.1 Å². The topological polar surface area (TPSA) is 3.24 Å². The largest absolute Gasteiger partial charge is 0.250 e. The Morgan fingerprint density at radius 2 is 1.55 bits per heavy atom. The molecular formula is C9H17NS. The summed E-state index contributed by atoms with van der Waals surface area (Å²) in [6, 6.07) is 0. The second kappa shape index (κ2) is 3.81. The van der Waals surface area contributed by atoms with E-state index in [-0.39, 0.29) is 0 Å². The van der Waals surface area contributed by atoms with Gasteiger partial charge in [-0.3, -0.25) is 4.31 Å². The van der Waals surface area contributed by atoms with E-state index >= 15 is 0 Å². The van der Waals surface area contributed by atoms with E-state index in [1.165, 1.54) is 51.6 Å². The van der Waals surface area contributed by atoms with Gasteiger partial charge in [0, 0.05) is 18.3 Å². The van der Waals surface area contributed by atoms with Crippen LogP contribution in [0.5, 0.6) is 0 Å². The van der Waals surface area contributed by atoms with Crippen LogP contribution in [0, 0.1) is 0 Å². The second-order valence-electron chi connectivity index (χ2n) is 3.65. The maximum atomic E-state index is 2.58.